The third-order valence-corrected chi connectivity index (χ3v) is 4.04. The maximum atomic E-state index is 12.5. The molecular weight excluding hydrogens is 334 g/mol. The number of carboxylic acids is 1. The summed E-state index contributed by atoms with van der Waals surface area (Å²) in [6.07, 6.45) is 5.13. The molecule has 0 amide bonds. The number of nitrogens with zero attached hydrogens (tertiary/aromatic N) is 1. The van der Waals surface area contributed by atoms with E-state index in [-0.39, 0.29) is 22.5 Å². The SMILES string of the molecule is CCCC(C)Oc1ccncc1-c1cc(=O)c2cc(C(=O)O)ccc2o1. The Labute approximate surface area is 150 Å². The largest absolute Gasteiger partial charge is 0.490 e. The molecule has 0 saturated carbocycles. The molecule has 0 radical (unpaired) electrons. The topological polar surface area (TPSA) is 89.6 Å². The number of benzene rings is 1. The van der Waals surface area contributed by atoms with Crippen molar-refractivity contribution in [1.29, 1.82) is 0 Å². The molecular formula is C20H19NO5. The first-order valence-electron chi connectivity index (χ1n) is 8.42. The van der Waals surface area contributed by atoms with E-state index in [1.807, 2.05) is 6.92 Å². The average Bonchev–Trinajstić information content (AvgIpc) is 2.62. The van der Waals surface area contributed by atoms with Crippen LogP contribution in [0.4, 0.5) is 0 Å². The van der Waals surface area contributed by atoms with E-state index in [9.17, 15) is 9.59 Å². The van der Waals surface area contributed by atoms with Crippen molar-refractivity contribution in [2.24, 2.45) is 0 Å². The summed E-state index contributed by atoms with van der Waals surface area (Å²) in [4.78, 5) is 27.7. The number of carboxylic acid groups (broad SMARTS) is 1. The molecule has 0 aliphatic carbocycles. The Kier molecular flexibility index (Phi) is 5.02. The van der Waals surface area contributed by atoms with Gasteiger partial charge in [-0.15, -0.1) is 0 Å². The summed E-state index contributed by atoms with van der Waals surface area (Å²) in [6.45, 7) is 4.07. The minimum Gasteiger partial charge on any atom is -0.490 e. The molecule has 0 spiro atoms. The van der Waals surface area contributed by atoms with Gasteiger partial charge in [-0.3, -0.25) is 9.78 Å². The predicted molar refractivity (Wildman–Crippen MR) is 97.7 cm³/mol. The number of hydrogen-bond acceptors (Lipinski definition) is 5. The average molecular weight is 353 g/mol. The van der Waals surface area contributed by atoms with Crippen molar-refractivity contribution in [3.63, 3.8) is 0 Å². The summed E-state index contributed by atoms with van der Waals surface area (Å²) in [5, 5.41) is 9.30. The fourth-order valence-electron chi connectivity index (χ4n) is 2.77. The van der Waals surface area contributed by atoms with Crippen LogP contribution in [0.15, 0.2) is 51.9 Å². The molecule has 2 aromatic heterocycles. The second kappa shape index (κ2) is 7.39. The van der Waals surface area contributed by atoms with Gasteiger partial charge < -0.3 is 14.3 Å². The molecule has 26 heavy (non-hydrogen) atoms. The van der Waals surface area contributed by atoms with Crippen molar-refractivity contribution < 1.29 is 19.1 Å². The summed E-state index contributed by atoms with van der Waals surface area (Å²) in [7, 11) is 0. The van der Waals surface area contributed by atoms with Gasteiger partial charge in [-0.05, 0) is 37.6 Å². The van der Waals surface area contributed by atoms with E-state index < -0.39 is 5.97 Å². The molecule has 1 N–H and O–H groups in total. The first kappa shape index (κ1) is 17.7. The highest BCUT2D eigenvalue weighted by Gasteiger charge is 2.15. The molecule has 6 heteroatoms. The number of carbonyl (C=O) groups is 1. The molecule has 3 aromatic rings. The van der Waals surface area contributed by atoms with E-state index in [2.05, 4.69) is 11.9 Å². The van der Waals surface area contributed by atoms with E-state index in [0.717, 1.165) is 12.8 Å². The van der Waals surface area contributed by atoms with Gasteiger partial charge >= 0.3 is 5.97 Å². The zero-order valence-corrected chi connectivity index (χ0v) is 14.6. The second-order valence-corrected chi connectivity index (χ2v) is 6.08. The number of pyridine rings is 1. The molecule has 6 nitrogen and oxygen atoms in total. The van der Waals surface area contributed by atoms with Crippen LogP contribution in [0.2, 0.25) is 0 Å². The lowest BCUT2D eigenvalue weighted by Crippen LogP contribution is -2.12. The predicted octanol–water partition coefficient (Wildman–Crippen LogP) is 4.12. The van der Waals surface area contributed by atoms with Gasteiger partial charge in [0.2, 0.25) is 0 Å². The monoisotopic (exact) mass is 353 g/mol. The minimum atomic E-state index is -1.09. The molecule has 0 fully saturated rings. The fraction of sp³-hybridized carbons (Fsp3) is 0.250. The fourth-order valence-corrected chi connectivity index (χ4v) is 2.77. The lowest BCUT2D eigenvalue weighted by molar-refractivity contribution is 0.0697. The molecule has 1 atom stereocenters. The number of aromatic carboxylic acids is 1. The summed E-state index contributed by atoms with van der Waals surface area (Å²) in [5.74, 6) is -0.175. The Morgan fingerprint density at radius 3 is 2.85 bits per heavy atom. The molecule has 2 heterocycles. The van der Waals surface area contributed by atoms with Gasteiger partial charge in [-0.25, -0.2) is 4.79 Å². The van der Waals surface area contributed by atoms with Crippen LogP contribution in [-0.4, -0.2) is 22.2 Å². The van der Waals surface area contributed by atoms with Gasteiger partial charge in [0.15, 0.2) is 5.43 Å². The third kappa shape index (κ3) is 3.59. The molecule has 134 valence electrons. The highest BCUT2D eigenvalue weighted by atomic mass is 16.5. The van der Waals surface area contributed by atoms with E-state index in [0.29, 0.717) is 22.7 Å². The van der Waals surface area contributed by atoms with Gasteiger partial charge in [0.25, 0.3) is 0 Å². The maximum Gasteiger partial charge on any atom is 0.335 e. The van der Waals surface area contributed by atoms with Crippen LogP contribution in [0.25, 0.3) is 22.3 Å². The molecule has 0 saturated heterocycles. The zero-order valence-electron chi connectivity index (χ0n) is 14.6. The van der Waals surface area contributed by atoms with Crippen LogP contribution >= 0.6 is 0 Å². The van der Waals surface area contributed by atoms with Crippen LogP contribution in [0.3, 0.4) is 0 Å². The van der Waals surface area contributed by atoms with Crippen molar-refractivity contribution in [2.75, 3.05) is 0 Å². The highest BCUT2D eigenvalue weighted by molar-refractivity contribution is 5.93. The minimum absolute atomic E-state index is 0.0199. The van der Waals surface area contributed by atoms with Crippen LogP contribution in [-0.2, 0) is 0 Å². The smallest absolute Gasteiger partial charge is 0.335 e. The van der Waals surface area contributed by atoms with Crippen LogP contribution in [0.1, 0.15) is 37.0 Å². The standard InChI is InChI=1S/C20H19NO5/c1-3-4-12(2)25-18-7-8-21-11-15(18)19-10-16(22)14-9-13(20(23)24)5-6-17(14)26-19/h5-12H,3-4H2,1-2H3,(H,23,24). The lowest BCUT2D eigenvalue weighted by atomic mass is 10.1. The van der Waals surface area contributed by atoms with Gasteiger partial charge in [-0.1, -0.05) is 13.3 Å². The van der Waals surface area contributed by atoms with E-state index in [1.54, 1.807) is 18.5 Å². The van der Waals surface area contributed by atoms with Crippen LogP contribution < -0.4 is 10.2 Å². The Hall–Kier alpha value is -3.15. The van der Waals surface area contributed by atoms with Crippen molar-refractivity contribution in [3.05, 3.63) is 58.5 Å². The van der Waals surface area contributed by atoms with Gasteiger partial charge in [0.1, 0.15) is 17.1 Å². The van der Waals surface area contributed by atoms with Gasteiger partial charge in [-0.2, -0.15) is 0 Å². The van der Waals surface area contributed by atoms with Crippen LogP contribution in [0.5, 0.6) is 5.75 Å². The highest BCUT2D eigenvalue weighted by Crippen LogP contribution is 2.31. The lowest BCUT2D eigenvalue weighted by Gasteiger charge is -2.16. The van der Waals surface area contributed by atoms with E-state index in [4.69, 9.17) is 14.3 Å². The Morgan fingerprint density at radius 2 is 2.12 bits per heavy atom. The molecule has 0 bridgehead atoms. The number of fused-ring (bicyclic) bond motifs is 1. The molecule has 0 aliphatic rings. The van der Waals surface area contributed by atoms with Crippen molar-refractivity contribution in [1.82, 2.24) is 4.98 Å². The van der Waals surface area contributed by atoms with Crippen molar-refractivity contribution in [3.8, 4) is 17.1 Å². The van der Waals surface area contributed by atoms with E-state index in [1.165, 1.54) is 24.3 Å². The Bertz CT molecular complexity index is 1010. The molecule has 0 aliphatic heterocycles. The summed E-state index contributed by atoms with van der Waals surface area (Å²) in [5.41, 5.74) is 0.614. The van der Waals surface area contributed by atoms with Crippen LogP contribution in [0, 0.1) is 0 Å². The van der Waals surface area contributed by atoms with Gasteiger partial charge in [0, 0.05) is 18.5 Å². The second-order valence-electron chi connectivity index (χ2n) is 6.08. The third-order valence-electron chi connectivity index (χ3n) is 4.04. The quantitative estimate of drug-likeness (QED) is 0.717. The van der Waals surface area contributed by atoms with E-state index >= 15 is 0 Å². The normalized spacial score (nSPS) is 12.1. The Morgan fingerprint density at radius 1 is 1.31 bits per heavy atom. The summed E-state index contributed by atoms with van der Waals surface area (Å²) >= 11 is 0. The van der Waals surface area contributed by atoms with Crippen molar-refractivity contribution >= 4 is 16.9 Å². The number of hydrogen-bond donors (Lipinski definition) is 1. The summed E-state index contributed by atoms with van der Waals surface area (Å²) < 4.78 is 11.8. The first-order valence-corrected chi connectivity index (χ1v) is 8.42. The summed E-state index contributed by atoms with van der Waals surface area (Å²) in [6, 6.07) is 7.28. The zero-order chi connectivity index (χ0) is 18.7. The first-order chi connectivity index (χ1) is 12.5. The molecule has 3 rings (SSSR count). The number of ether oxygens (including phenoxy) is 1. The number of aromatic nitrogens is 1. The van der Waals surface area contributed by atoms with Gasteiger partial charge in [0.05, 0.1) is 22.6 Å². The molecule has 1 unspecified atom stereocenters. The maximum absolute atomic E-state index is 12.5. The number of rotatable bonds is 6. The van der Waals surface area contributed by atoms with Crippen molar-refractivity contribution in [2.45, 2.75) is 32.8 Å². The Balaban J connectivity index is 2.08. The molecule has 1 aromatic carbocycles.